The van der Waals surface area contributed by atoms with Gasteiger partial charge in [0, 0.05) is 13.1 Å². The van der Waals surface area contributed by atoms with Crippen molar-refractivity contribution < 1.29 is 0 Å². The van der Waals surface area contributed by atoms with Gasteiger partial charge in [-0.3, -0.25) is 5.84 Å². The Hall–Kier alpha value is -1.37. The predicted molar refractivity (Wildman–Crippen MR) is 49.5 cm³/mol. The summed E-state index contributed by atoms with van der Waals surface area (Å²) in [5.74, 6) is 5.69. The maximum absolute atomic E-state index is 8.71. The van der Waals surface area contributed by atoms with Crippen molar-refractivity contribution in [1.82, 2.24) is 5.01 Å². The molecule has 0 aromatic heterocycles. The van der Waals surface area contributed by atoms with Crippen molar-refractivity contribution in [1.29, 1.82) is 5.26 Å². The minimum Gasteiger partial charge on any atom is -0.268 e. The molecular weight excluding hydrogens is 162 g/mol. The van der Waals surface area contributed by atoms with E-state index in [1.54, 1.807) is 5.01 Å². The van der Waals surface area contributed by atoms with Crippen LogP contribution in [-0.4, -0.2) is 11.6 Å². The Morgan fingerprint density at radius 3 is 3.00 bits per heavy atom. The van der Waals surface area contributed by atoms with Gasteiger partial charge in [0.05, 0.1) is 11.6 Å². The predicted octanol–water partition coefficient (Wildman–Crippen LogP) is 0.790. The molecule has 0 fully saturated rings. The van der Waals surface area contributed by atoms with E-state index in [2.05, 4.69) is 6.07 Å². The van der Waals surface area contributed by atoms with E-state index < -0.39 is 0 Å². The Bertz CT molecular complexity index is 365. The highest BCUT2D eigenvalue weighted by atomic mass is 15.4. The smallest absolute Gasteiger partial charge is 0.0991 e. The molecule has 66 valence electrons. The molecule has 1 aliphatic rings. The van der Waals surface area contributed by atoms with Gasteiger partial charge in [0.25, 0.3) is 0 Å². The molecule has 0 saturated heterocycles. The van der Waals surface area contributed by atoms with E-state index in [9.17, 15) is 0 Å². The lowest BCUT2D eigenvalue weighted by atomic mass is 9.98. The number of nitrogens with zero attached hydrogens (tertiary/aromatic N) is 2. The molecule has 13 heavy (non-hydrogen) atoms. The highest BCUT2D eigenvalue weighted by Crippen LogP contribution is 2.17. The zero-order valence-corrected chi connectivity index (χ0v) is 7.33. The van der Waals surface area contributed by atoms with E-state index in [-0.39, 0.29) is 0 Å². The molecule has 0 spiro atoms. The lowest BCUT2D eigenvalue weighted by Crippen LogP contribution is -2.36. The number of fused-ring (bicyclic) bond motifs is 1. The van der Waals surface area contributed by atoms with Gasteiger partial charge in [-0.2, -0.15) is 5.26 Å². The molecule has 3 heteroatoms. The molecule has 0 aliphatic carbocycles. The highest BCUT2D eigenvalue weighted by molar-refractivity contribution is 5.39. The summed E-state index contributed by atoms with van der Waals surface area (Å²) in [5, 5.41) is 10.5. The Kier molecular flexibility index (Phi) is 2.01. The fraction of sp³-hybridized carbons (Fsp3) is 0.300. The molecule has 0 saturated carbocycles. The van der Waals surface area contributed by atoms with Crippen molar-refractivity contribution in [2.75, 3.05) is 6.54 Å². The summed E-state index contributed by atoms with van der Waals surface area (Å²) in [6, 6.07) is 7.94. The fourth-order valence-corrected chi connectivity index (χ4v) is 1.64. The van der Waals surface area contributed by atoms with E-state index in [1.807, 2.05) is 18.2 Å². The molecule has 3 nitrogen and oxygen atoms in total. The topological polar surface area (TPSA) is 53.0 Å². The quantitative estimate of drug-likeness (QED) is 0.590. The molecular formula is C10H11N3. The summed E-state index contributed by atoms with van der Waals surface area (Å²) >= 11 is 0. The molecule has 1 aromatic carbocycles. The Labute approximate surface area is 77.3 Å². The van der Waals surface area contributed by atoms with Gasteiger partial charge in [0.2, 0.25) is 0 Å². The van der Waals surface area contributed by atoms with Crippen LogP contribution in [0.15, 0.2) is 18.2 Å². The summed E-state index contributed by atoms with van der Waals surface area (Å²) in [7, 11) is 0. The maximum atomic E-state index is 8.71. The van der Waals surface area contributed by atoms with Crippen LogP contribution in [0.3, 0.4) is 0 Å². The molecule has 0 amide bonds. The number of nitrogens with two attached hydrogens (primary N) is 1. The number of nitriles is 1. The summed E-state index contributed by atoms with van der Waals surface area (Å²) in [6.07, 6.45) is 0.946. The Morgan fingerprint density at radius 2 is 2.23 bits per heavy atom. The molecule has 0 atom stereocenters. The van der Waals surface area contributed by atoms with Gasteiger partial charge in [-0.05, 0) is 29.7 Å². The van der Waals surface area contributed by atoms with Crippen LogP contribution in [0.5, 0.6) is 0 Å². The van der Waals surface area contributed by atoms with Crippen LogP contribution in [0.1, 0.15) is 16.7 Å². The summed E-state index contributed by atoms with van der Waals surface area (Å²) < 4.78 is 0. The average Bonchev–Trinajstić information content (AvgIpc) is 2.17. The minimum absolute atomic E-state index is 0.740. The first-order valence-corrected chi connectivity index (χ1v) is 4.31. The van der Waals surface area contributed by atoms with Gasteiger partial charge in [0.15, 0.2) is 0 Å². The lowest BCUT2D eigenvalue weighted by molar-refractivity contribution is 0.263. The SMILES string of the molecule is N#Cc1ccc2c(c1)CCN(N)C2. The van der Waals surface area contributed by atoms with Gasteiger partial charge in [-0.15, -0.1) is 0 Å². The van der Waals surface area contributed by atoms with Gasteiger partial charge in [0.1, 0.15) is 0 Å². The minimum atomic E-state index is 0.740. The number of hydrogen-bond donors (Lipinski definition) is 1. The van der Waals surface area contributed by atoms with Crippen molar-refractivity contribution >= 4 is 0 Å². The fourth-order valence-electron chi connectivity index (χ4n) is 1.64. The summed E-state index contributed by atoms with van der Waals surface area (Å²) in [4.78, 5) is 0. The zero-order valence-electron chi connectivity index (χ0n) is 7.33. The second-order valence-electron chi connectivity index (χ2n) is 3.32. The third-order valence-electron chi connectivity index (χ3n) is 2.38. The van der Waals surface area contributed by atoms with Crippen molar-refractivity contribution in [3.8, 4) is 6.07 Å². The van der Waals surface area contributed by atoms with Crippen LogP contribution < -0.4 is 5.84 Å². The van der Waals surface area contributed by atoms with Gasteiger partial charge < -0.3 is 0 Å². The highest BCUT2D eigenvalue weighted by Gasteiger charge is 2.13. The zero-order chi connectivity index (χ0) is 9.26. The maximum Gasteiger partial charge on any atom is 0.0991 e. The van der Waals surface area contributed by atoms with E-state index in [0.717, 1.165) is 25.1 Å². The first-order valence-electron chi connectivity index (χ1n) is 4.31. The lowest BCUT2D eigenvalue weighted by Gasteiger charge is -2.24. The van der Waals surface area contributed by atoms with Crippen molar-refractivity contribution in [2.24, 2.45) is 5.84 Å². The first kappa shape index (κ1) is 8.24. The van der Waals surface area contributed by atoms with Crippen LogP contribution >= 0.6 is 0 Å². The molecule has 0 radical (unpaired) electrons. The average molecular weight is 173 g/mol. The molecule has 0 bridgehead atoms. The number of hydrazine groups is 1. The van der Waals surface area contributed by atoms with Gasteiger partial charge >= 0.3 is 0 Å². The molecule has 2 rings (SSSR count). The van der Waals surface area contributed by atoms with Gasteiger partial charge in [-0.25, -0.2) is 5.01 Å². The standard InChI is InChI=1S/C10H11N3/c11-6-8-1-2-10-7-13(12)4-3-9(10)5-8/h1-2,5H,3-4,7,12H2. The van der Waals surface area contributed by atoms with Crippen molar-refractivity contribution in [3.05, 3.63) is 34.9 Å². The number of hydrogen-bond acceptors (Lipinski definition) is 3. The number of rotatable bonds is 0. The van der Waals surface area contributed by atoms with Crippen LogP contribution in [0, 0.1) is 11.3 Å². The first-order chi connectivity index (χ1) is 6.29. The van der Waals surface area contributed by atoms with E-state index in [0.29, 0.717) is 0 Å². The van der Waals surface area contributed by atoms with Crippen LogP contribution in [0.25, 0.3) is 0 Å². The summed E-state index contributed by atoms with van der Waals surface area (Å²) in [5.41, 5.74) is 3.25. The van der Waals surface area contributed by atoms with Crippen LogP contribution in [0.4, 0.5) is 0 Å². The second kappa shape index (κ2) is 3.17. The second-order valence-corrected chi connectivity index (χ2v) is 3.32. The summed E-state index contributed by atoms with van der Waals surface area (Å²) in [6.45, 7) is 1.67. The van der Waals surface area contributed by atoms with Crippen LogP contribution in [0.2, 0.25) is 0 Å². The monoisotopic (exact) mass is 173 g/mol. The largest absolute Gasteiger partial charge is 0.268 e. The third-order valence-corrected chi connectivity index (χ3v) is 2.38. The molecule has 1 aromatic rings. The number of benzene rings is 1. The Morgan fingerprint density at radius 1 is 1.38 bits per heavy atom. The van der Waals surface area contributed by atoms with Crippen molar-refractivity contribution in [3.63, 3.8) is 0 Å². The van der Waals surface area contributed by atoms with Gasteiger partial charge in [-0.1, -0.05) is 6.07 Å². The third kappa shape index (κ3) is 1.55. The van der Waals surface area contributed by atoms with E-state index in [4.69, 9.17) is 11.1 Å². The molecule has 0 unspecified atom stereocenters. The Balaban J connectivity index is 2.38. The van der Waals surface area contributed by atoms with Crippen molar-refractivity contribution in [2.45, 2.75) is 13.0 Å². The van der Waals surface area contributed by atoms with Crippen LogP contribution in [-0.2, 0) is 13.0 Å². The molecule has 1 heterocycles. The molecule has 1 aliphatic heterocycles. The van der Waals surface area contributed by atoms with E-state index in [1.165, 1.54) is 11.1 Å². The normalized spacial score (nSPS) is 16.3. The molecule has 2 N–H and O–H groups in total. The van der Waals surface area contributed by atoms with E-state index >= 15 is 0 Å².